The van der Waals surface area contributed by atoms with Gasteiger partial charge >= 0.3 is 0 Å². The van der Waals surface area contributed by atoms with Gasteiger partial charge < -0.3 is 4.90 Å². The molecule has 0 N–H and O–H groups in total. The maximum Gasteiger partial charge on any atom is 0.244 e. The molecule has 0 radical (unpaired) electrons. The lowest BCUT2D eigenvalue weighted by Crippen LogP contribution is -2.52. The second-order valence-corrected chi connectivity index (χ2v) is 10.4. The number of hydrogen-bond donors (Lipinski definition) is 0. The van der Waals surface area contributed by atoms with E-state index in [4.69, 9.17) is 0 Å². The van der Waals surface area contributed by atoms with Gasteiger partial charge in [0.1, 0.15) is 6.07 Å². The summed E-state index contributed by atoms with van der Waals surface area (Å²) in [7, 11) is -3.75. The molecule has 0 unspecified atom stereocenters. The van der Waals surface area contributed by atoms with E-state index >= 15 is 0 Å². The zero-order chi connectivity index (χ0) is 21.1. The van der Waals surface area contributed by atoms with Gasteiger partial charge in [0, 0.05) is 37.1 Å². The molecule has 0 spiro atoms. The molecule has 2 saturated heterocycles. The Kier molecular flexibility index (Phi) is 6.20. The third kappa shape index (κ3) is 4.14. The summed E-state index contributed by atoms with van der Waals surface area (Å²) in [6.07, 6.45) is 2.15. The SMILES string of the molecule is N#Cc1ccccc1S(=O)(=O)N1CCN(C(=O)CN2CCC[C@@H]2c2cccs2)CC1. The number of piperazine rings is 1. The van der Waals surface area contributed by atoms with E-state index in [9.17, 15) is 18.5 Å². The molecule has 158 valence electrons. The summed E-state index contributed by atoms with van der Waals surface area (Å²) in [5.41, 5.74) is 0.143. The average Bonchev–Trinajstić information content (AvgIpc) is 3.45. The topological polar surface area (TPSA) is 84.7 Å². The van der Waals surface area contributed by atoms with E-state index in [1.54, 1.807) is 28.4 Å². The lowest BCUT2D eigenvalue weighted by atomic mass is 10.2. The lowest BCUT2D eigenvalue weighted by Gasteiger charge is -2.35. The average molecular weight is 445 g/mol. The second kappa shape index (κ2) is 8.86. The number of nitriles is 1. The van der Waals surface area contributed by atoms with Crippen LogP contribution in [0.3, 0.4) is 0 Å². The molecule has 1 atom stereocenters. The van der Waals surface area contributed by atoms with Crippen LogP contribution in [-0.4, -0.2) is 67.7 Å². The van der Waals surface area contributed by atoms with Crippen molar-refractivity contribution in [2.45, 2.75) is 23.8 Å². The minimum Gasteiger partial charge on any atom is -0.339 e. The van der Waals surface area contributed by atoms with E-state index in [0.29, 0.717) is 25.7 Å². The molecule has 4 rings (SSSR count). The van der Waals surface area contributed by atoms with Crippen molar-refractivity contribution in [2.24, 2.45) is 0 Å². The maximum atomic E-state index is 13.0. The highest BCUT2D eigenvalue weighted by Crippen LogP contribution is 2.34. The molecular formula is C21H24N4O3S2. The molecule has 2 aliphatic rings. The summed E-state index contributed by atoms with van der Waals surface area (Å²) in [5.74, 6) is 0.0490. The minimum absolute atomic E-state index is 0.0307. The third-order valence-electron chi connectivity index (χ3n) is 5.79. The van der Waals surface area contributed by atoms with Crippen LogP contribution < -0.4 is 0 Å². The predicted molar refractivity (Wildman–Crippen MR) is 114 cm³/mol. The van der Waals surface area contributed by atoms with E-state index in [1.165, 1.54) is 21.3 Å². The van der Waals surface area contributed by atoms with E-state index < -0.39 is 10.0 Å². The van der Waals surface area contributed by atoms with Gasteiger partial charge in [-0.25, -0.2) is 8.42 Å². The van der Waals surface area contributed by atoms with Crippen molar-refractivity contribution in [3.05, 3.63) is 52.2 Å². The number of sulfonamides is 1. The first-order chi connectivity index (χ1) is 14.5. The Morgan fingerprint density at radius 2 is 1.87 bits per heavy atom. The summed E-state index contributed by atoms with van der Waals surface area (Å²) >= 11 is 1.73. The fourth-order valence-electron chi connectivity index (χ4n) is 4.19. The van der Waals surface area contributed by atoms with E-state index in [-0.39, 0.29) is 29.5 Å². The highest BCUT2D eigenvalue weighted by molar-refractivity contribution is 7.89. The number of thiophene rings is 1. The molecule has 1 aromatic heterocycles. The molecule has 0 aliphatic carbocycles. The predicted octanol–water partition coefficient (Wildman–Crippen LogP) is 2.29. The molecule has 1 aromatic carbocycles. The molecule has 0 saturated carbocycles. The summed E-state index contributed by atoms with van der Waals surface area (Å²) in [6, 6.07) is 12.7. The van der Waals surface area contributed by atoms with Crippen LogP contribution in [-0.2, 0) is 14.8 Å². The summed E-state index contributed by atoms with van der Waals surface area (Å²) in [4.78, 5) is 18.2. The number of carbonyl (C=O) groups excluding carboxylic acids is 1. The first-order valence-corrected chi connectivity index (χ1v) is 12.4. The largest absolute Gasteiger partial charge is 0.339 e. The van der Waals surface area contributed by atoms with Crippen molar-refractivity contribution in [2.75, 3.05) is 39.3 Å². The van der Waals surface area contributed by atoms with Gasteiger partial charge in [0.05, 0.1) is 17.0 Å². The first kappa shape index (κ1) is 21.0. The van der Waals surface area contributed by atoms with Crippen LogP contribution in [0, 0.1) is 11.3 Å². The molecule has 30 heavy (non-hydrogen) atoms. The maximum absolute atomic E-state index is 13.0. The molecule has 3 heterocycles. The van der Waals surface area contributed by atoms with Crippen LogP contribution in [0.4, 0.5) is 0 Å². The second-order valence-electron chi connectivity index (χ2n) is 7.54. The van der Waals surface area contributed by atoms with Crippen molar-refractivity contribution in [3.63, 3.8) is 0 Å². The van der Waals surface area contributed by atoms with Crippen LogP contribution in [0.15, 0.2) is 46.7 Å². The van der Waals surface area contributed by atoms with E-state index in [2.05, 4.69) is 16.3 Å². The van der Waals surface area contributed by atoms with Gasteiger partial charge in [0.2, 0.25) is 15.9 Å². The Bertz CT molecular complexity index is 1040. The summed E-state index contributed by atoms with van der Waals surface area (Å²) in [5, 5.41) is 11.3. The van der Waals surface area contributed by atoms with Gasteiger partial charge in [-0.15, -0.1) is 11.3 Å². The number of hydrogen-bond acceptors (Lipinski definition) is 6. The third-order valence-corrected chi connectivity index (χ3v) is 8.72. The molecule has 2 aliphatic heterocycles. The van der Waals surface area contributed by atoms with E-state index in [1.807, 2.05) is 12.1 Å². The summed E-state index contributed by atoms with van der Waals surface area (Å²) in [6.45, 7) is 2.49. The smallest absolute Gasteiger partial charge is 0.244 e. The lowest BCUT2D eigenvalue weighted by molar-refractivity contribution is -0.133. The van der Waals surface area contributed by atoms with Gasteiger partial charge in [0.25, 0.3) is 0 Å². The zero-order valence-electron chi connectivity index (χ0n) is 16.6. The molecule has 2 fully saturated rings. The van der Waals surface area contributed by atoms with Crippen molar-refractivity contribution in [1.82, 2.24) is 14.1 Å². The fourth-order valence-corrected chi connectivity index (χ4v) is 6.65. The highest BCUT2D eigenvalue weighted by Gasteiger charge is 2.34. The Balaban J connectivity index is 1.37. The molecule has 2 aromatic rings. The van der Waals surface area contributed by atoms with Crippen molar-refractivity contribution in [1.29, 1.82) is 5.26 Å². The van der Waals surface area contributed by atoms with Gasteiger partial charge in [-0.3, -0.25) is 9.69 Å². The number of nitrogens with zero attached hydrogens (tertiary/aromatic N) is 4. The van der Waals surface area contributed by atoms with Crippen molar-refractivity contribution in [3.8, 4) is 6.07 Å². The van der Waals surface area contributed by atoms with Crippen LogP contribution in [0.25, 0.3) is 0 Å². The normalized spacial score (nSPS) is 20.9. The number of likely N-dealkylation sites (tertiary alicyclic amines) is 1. The Morgan fingerprint density at radius 1 is 1.10 bits per heavy atom. The molecule has 9 heteroatoms. The van der Waals surface area contributed by atoms with E-state index in [0.717, 1.165) is 19.4 Å². The highest BCUT2D eigenvalue weighted by atomic mass is 32.2. The van der Waals surface area contributed by atoms with Gasteiger partial charge in [-0.05, 0) is 43.0 Å². The fraction of sp³-hybridized carbons (Fsp3) is 0.429. The Labute approximate surface area is 181 Å². The quantitative estimate of drug-likeness (QED) is 0.706. The molecule has 7 nitrogen and oxygen atoms in total. The van der Waals surface area contributed by atoms with Crippen LogP contribution in [0.5, 0.6) is 0 Å². The number of carbonyl (C=O) groups is 1. The zero-order valence-corrected chi connectivity index (χ0v) is 18.2. The van der Waals surface area contributed by atoms with Crippen molar-refractivity contribution < 1.29 is 13.2 Å². The van der Waals surface area contributed by atoms with Crippen LogP contribution in [0.2, 0.25) is 0 Å². The monoisotopic (exact) mass is 444 g/mol. The number of amides is 1. The Morgan fingerprint density at radius 3 is 2.57 bits per heavy atom. The Hall–Kier alpha value is -2.25. The molecule has 1 amide bonds. The molecule has 0 bridgehead atoms. The number of rotatable bonds is 5. The summed E-state index contributed by atoms with van der Waals surface area (Å²) < 4.78 is 27.3. The van der Waals surface area contributed by atoms with Crippen LogP contribution >= 0.6 is 11.3 Å². The van der Waals surface area contributed by atoms with Crippen LogP contribution in [0.1, 0.15) is 29.3 Å². The molecular weight excluding hydrogens is 420 g/mol. The van der Waals surface area contributed by atoms with Gasteiger partial charge in [-0.1, -0.05) is 18.2 Å². The van der Waals surface area contributed by atoms with Crippen molar-refractivity contribution >= 4 is 27.3 Å². The number of benzene rings is 1. The minimum atomic E-state index is -3.75. The first-order valence-electron chi connectivity index (χ1n) is 10.0. The van der Waals surface area contributed by atoms with Gasteiger partial charge in [-0.2, -0.15) is 9.57 Å². The van der Waals surface area contributed by atoms with Gasteiger partial charge in [0.15, 0.2) is 0 Å². The standard InChI is InChI=1S/C21H24N4O3S2/c22-15-17-5-1-2-8-20(17)30(27,28)25-12-10-23(11-13-25)21(26)16-24-9-3-6-18(24)19-7-4-14-29-19/h1-2,4-5,7-8,14,18H,3,6,9-13,16H2/t18-/m1/s1.